The summed E-state index contributed by atoms with van der Waals surface area (Å²) in [4.78, 5) is 26.3. The summed E-state index contributed by atoms with van der Waals surface area (Å²) in [5.41, 5.74) is 2.10. The standard InChI is InChI=1S/C16H18N4O3S/c1-3-10(2)20-15(23)12(14(22)18-16(20)24)9-17-19-13(21)11-7-5-4-6-8-11/h4-10,23H,3H2,1-2H3,(H,19,21)(H,18,22,24)/b17-9+/t10-/m1/s1. The summed E-state index contributed by atoms with van der Waals surface area (Å²) in [6, 6.07) is 8.43. The number of benzene rings is 1. The summed E-state index contributed by atoms with van der Waals surface area (Å²) in [6.45, 7) is 3.80. The van der Waals surface area contributed by atoms with Crippen LogP contribution in [0.4, 0.5) is 0 Å². The second-order valence-corrected chi connectivity index (χ2v) is 5.58. The van der Waals surface area contributed by atoms with E-state index in [2.05, 4.69) is 15.5 Å². The Bertz CT molecular complexity index is 871. The van der Waals surface area contributed by atoms with Crippen LogP contribution in [0.2, 0.25) is 0 Å². The minimum absolute atomic E-state index is 0.0720. The van der Waals surface area contributed by atoms with Crippen molar-refractivity contribution in [2.24, 2.45) is 5.10 Å². The highest BCUT2D eigenvalue weighted by atomic mass is 32.1. The fourth-order valence-corrected chi connectivity index (χ4v) is 2.43. The third kappa shape index (κ3) is 3.77. The predicted octanol–water partition coefficient (Wildman–Crippen LogP) is 2.35. The number of hydrogen-bond acceptors (Lipinski definition) is 5. The number of H-pyrrole nitrogens is 1. The third-order valence-corrected chi connectivity index (χ3v) is 3.88. The predicted molar refractivity (Wildman–Crippen MR) is 94.1 cm³/mol. The van der Waals surface area contributed by atoms with Gasteiger partial charge in [0.05, 0.1) is 6.21 Å². The number of nitrogens with zero attached hydrogens (tertiary/aromatic N) is 2. The van der Waals surface area contributed by atoms with Gasteiger partial charge in [-0.25, -0.2) is 5.43 Å². The van der Waals surface area contributed by atoms with E-state index in [0.29, 0.717) is 5.56 Å². The number of aromatic amines is 1. The minimum atomic E-state index is -0.574. The number of carbonyl (C=O) groups is 1. The van der Waals surface area contributed by atoms with E-state index in [4.69, 9.17) is 12.2 Å². The third-order valence-electron chi connectivity index (χ3n) is 3.58. The number of amides is 1. The summed E-state index contributed by atoms with van der Waals surface area (Å²) in [5, 5.41) is 14.1. The number of rotatable bonds is 5. The van der Waals surface area contributed by atoms with Crippen molar-refractivity contribution in [1.82, 2.24) is 15.0 Å². The van der Waals surface area contributed by atoms with Gasteiger partial charge in [0.15, 0.2) is 4.77 Å². The van der Waals surface area contributed by atoms with Gasteiger partial charge in [0.1, 0.15) is 5.56 Å². The molecule has 3 N–H and O–H groups in total. The summed E-state index contributed by atoms with van der Waals surface area (Å²) in [6.07, 6.45) is 1.82. The molecule has 0 saturated heterocycles. The first-order chi connectivity index (χ1) is 11.5. The zero-order chi connectivity index (χ0) is 17.7. The quantitative estimate of drug-likeness (QED) is 0.439. The molecule has 2 rings (SSSR count). The van der Waals surface area contributed by atoms with Crippen molar-refractivity contribution < 1.29 is 9.90 Å². The van der Waals surface area contributed by atoms with Crippen LogP contribution in [0.1, 0.15) is 42.2 Å². The molecule has 0 radical (unpaired) electrons. The van der Waals surface area contributed by atoms with Gasteiger partial charge in [-0.05, 0) is 37.7 Å². The number of aromatic nitrogens is 2. The second-order valence-electron chi connectivity index (χ2n) is 5.19. The molecular weight excluding hydrogens is 328 g/mol. The molecule has 0 spiro atoms. The van der Waals surface area contributed by atoms with Crippen molar-refractivity contribution >= 4 is 24.3 Å². The fourth-order valence-electron chi connectivity index (χ4n) is 2.07. The zero-order valence-corrected chi connectivity index (χ0v) is 14.1. The molecule has 0 aliphatic heterocycles. The normalized spacial score (nSPS) is 12.2. The molecule has 0 fully saturated rings. The van der Waals surface area contributed by atoms with Crippen LogP contribution < -0.4 is 11.0 Å². The van der Waals surface area contributed by atoms with Gasteiger partial charge in [-0.2, -0.15) is 5.10 Å². The first-order valence-electron chi connectivity index (χ1n) is 7.42. The Morgan fingerprint density at radius 3 is 2.75 bits per heavy atom. The van der Waals surface area contributed by atoms with Crippen molar-refractivity contribution in [3.63, 3.8) is 0 Å². The molecule has 0 unspecified atom stereocenters. The van der Waals surface area contributed by atoms with Crippen molar-refractivity contribution in [3.8, 4) is 5.88 Å². The molecule has 1 aromatic heterocycles. The molecule has 1 aromatic carbocycles. The molecule has 0 saturated carbocycles. The number of hydrazone groups is 1. The van der Waals surface area contributed by atoms with E-state index < -0.39 is 11.5 Å². The lowest BCUT2D eigenvalue weighted by Crippen LogP contribution is -2.22. The molecule has 2 aromatic rings. The Labute approximate surface area is 143 Å². The molecule has 1 amide bonds. The summed E-state index contributed by atoms with van der Waals surface area (Å²) < 4.78 is 1.58. The van der Waals surface area contributed by atoms with E-state index in [0.717, 1.165) is 12.6 Å². The molecule has 0 aliphatic rings. The Balaban J connectivity index is 2.28. The lowest BCUT2D eigenvalue weighted by Gasteiger charge is -2.16. The van der Waals surface area contributed by atoms with Crippen LogP contribution in [0.15, 0.2) is 40.2 Å². The van der Waals surface area contributed by atoms with Gasteiger partial charge in [-0.3, -0.25) is 19.1 Å². The van der Waals surface area contributed by atoms with Gasteiger partial charge in [-0.15, -0.1) is 0 Å². The Hall–Kier alpha value is -2.74. The SMILES string of the molecule is CC[C@@H](C)n1c(O)c(/C=N/NC(=O)c2ccccc2)c(=O)[nH]c1=S. The monoisotopic (exact) mass is 346 g/mol. The first kappa shape index (κ1) is 17.6. The summed E-state index contributed by atoms with van der Waals surface area (Å²) in [7, 11) is 0. The second kappa shape index (κ2) is 7.69. The van der Waals surface area contributed by atoms with Crippen molar-refractivity contribution in [1.29, 1.82) is 0 Å². The molecule has 24 heavy (non-hydrogen) atoms. The van der Waals surface area contributed by atoms with Gasteiger partial charge in [0.25, 0.3) is 11.5 Å². The van der Waals surface area contributed by atoms with E-state index in [1.165, 1.54) is 4.57 Å². The van der Waals surface area contributed by atoms with E-state index in [-0.39, 0.29) is 22.3 Å². The molecule has 1 atom stereocenters. The first-order valence-corrected chi connectivity index (χ1v) is 7.82. The molecule has 0 aliphatic carbocycles. The van der Waals surface area contributed by atoms with Gasteiger partial charge in [-0.1, -0.05) is 25.1 Å². The number of hydrogen-bond donors (Lipinski definition) is 3. The summed E-state index contributed by atoms with van der Waals surface area (Å²) >= 11 is 5.08. The molecule has 126 valence electrons. The molecule has 1 heterocycles. The van der Waals surface area contributed by atoms with Crippen LogP contribution in [0.5, 0.6) is 5.88 Å². The van der Waals surface area contributed by atoms with Gasteiger partial charge >= 0.3 is 0 Å². The van der Waals surface area contributed by atoms with Gasteiger partial charge in [0.2, 0.25) is 5.88 Å². The highest BCUT2D eigenvalue weighted by Crippen LogP contribution is 2.19. The highest BCUT2D eigenvalue weighted by molar-refractivity contribution is 7.71. The van der Waals surface area contributed by atoms with Crippen molar-refractivity contribution in [3.05, 3.63) is 56.6 Å². The molecule has 0 bridgehead atoms. The Morgan fingerprint density at radius 2 is 2.12 bits per heavy atom. The van der Waals surface area contributed by atoms with Crippen LogP contribution in [0.25, 0.3) is 0 Å². The van der Waals surface area contributed by atoms with Crippen LogP contribution in [0, 0.1) is 4.77 Å². The lowest BCUT2D eigenvalue weighted by molar-refractivity contribution is 0.0955. The topological polar surface area (TPSA) is 99.5 Å². The fraction of sp³-hybridized carbons (Fsp3) is 0.250. The average molecular weight is 346 g/mol. The number of aromatic hydroxyl groups is 1. The lowest BCUT2D eigenvalue weighted by atomic mass is 10.2. The van der Waals surface area contributed by atoms with Gasteiger partial charge < -0.3 is 5.11 Å². The maximum Gasteiger partial charge on any atom is 0.271 e. The zero-order valence-electron chi connectivity index (χ0n) is 13.3. The summed E-state index contributed by atoms with van der Waals surface area (Å²) in [5.74, 6) is -0.701. The molecule has 8 heteroatoms. The van der Waals surface area contributed by atoms with E-state index >= 15 is 0 Å². The number of nitrogens with one attached hydrogen (secondary N) is 2. The minimum Gasteiger partial charge on any atom is -0.494 e. The van der Waals surface area contributed by atoms with Crippen LogP contribution in [-0.2, 0) is 0 Å². The largest absolute Gasteiger partial charge is 0.494 e. The van der Waals surface area contributed by atoms with Crippen LogP contribution in [-0.4, -0.2) is 26.8 Å². The van der Waals surface area contributed by atoms with E-state index in [1.54, 1.807) is 30.3 Å². The van der Waals surface area contributed by atoms with E-state index in [9.17, 15) is 14.7 Å². The Kier molecular flexibility index (Phi) is 5.64. The van der Waals surface area contributed by atoms with Crippen molar-refractivity contribution in [2.75, 3.05) is 0 Å². The maximum atomic E-state index is 12.0. The average Bonchev–Trinajstić information content (AvgIpc) is 2.57. The highest BCUT2D eigenvalue weighted by Gasteiger charge is 2.14. The maximum absolute atomic E-state index is 12.0. The Morgan fingerprint density at radius 1 is 1.46 bits per heavy atom. The molecular formula is C16H18N4O3S. The van der Waals surface area contributed by atoms with Crippen molar-refractivity contribution in [2.45, 2.75) is 26.3 Å². The smallest absolute Gasteiger partial charge is 0.271 e. The molecule has 7 nitrogen and oxygen atoms in total. The van der Waals surface area contributed by atoms with Crippen LogP contribution in [0.3, 0.4) is 0 Å². The number of carbonyl (C=O) groups excluding carboxylic acids is 1. The van der Waals surface area contributed by atoms with Crippen LogP contribution >= 0.6 is 12.2 Å². The van der Waals surface area contributed by atoms with E-state index in [1.807, 2.05) is 13.8 Å². The van der Waals surface area contributed by atoms with Gasteiger partial charge in [0, 0.05) is 11.6 Å².